The molecule has 0 spiro atoms. The van der Waals surface area contributed by atoms with Crippen LogP contribution in [0.5, 0.6) is 0 Å². The van der Waals surface area contributed by atoms with E-state index in [4.69, 9.17) is 9.63 Å². The first kappa shape index (κ1) is 13.7. The van der Waals surface area contributed by atoms with Crippen LogP contribution in [-0.4, -0.2) is 21.2 Å². The molecule has 1 saturated carbocycles. The van der Waals surface area contributed by atoms with E-state index >= 15 is 0 Å². The monoisotopic (exact) mass is 294 g/mol. The number of hydrogen-bond donors (Lipinski definition) is 1. The number of carboxylic acids is 1. The third-order valence-electron chi connectivity index (χ3n) is 3.77. The average molecular weight is 294 g/mol. The standard InChI is InChI=1S/C14H12F2N2O3/c15-10-5-4-7(6-11(10)16)12-17-13(21-18-12)8-2-1-3-9(8)14(19)20/h4-6,8-9H,1-3H2,(H,19,20). The van der Waals surface area contributed by atoms with Crippen molar-refractivity contribution in [3.8, 4) is 11.4 Å². The summed E-state index contributed by atoms with van der Waals surface area (Å²) >= 11 is 0. The zero-order valence-corrected chi connectivity index (χ0v) is 10.9. The number of aliphatic carboxylic acids is 1. The van der Waals surface area contributed by atoms with E-state index in [9.17, 15) is 13.6 Å². The molecule has 1 aliphatic rings. The fourth-order valence-corrected chi connectivity index (χ4v) is 2.69. The Kier molecular flexibility index (Phi) is 3.40. The smallest absolute Gasteiger partial charge is 0.307 e. The lowest BCUT2D eigenvalue weighted by atomic mass is 9.96. The predicted molar refractivity (Wildman–Crippen MR) is 67.4 cm³/mol. The number of halogens is 2. The first-order valence-corrected chi connectivity index (χ1v) is 6.58. The SMILES string of the molecule is O=C(O)C1CCCC1c1nc(-c2ccc(F)c(F)c2)no1. The summed E-state index contributed by atoms with van der Waals surface area (Å²) in [6.45, 7) is 0. The summed E-state index contributed by atoms with van der Waals surface area (Å²) in [5.41, 5.74) is 0.286. The lowest BCUT2D eigenvalue weighted by Crippen LogP contribution is -2.17. The first-order valence-electron chi connectivity index (χ1n) is 6.58. The van der Waals surface area contributed by atoms with Crippen molar-refractivity contribution < 1.29 is 23.2 Å². The van der Waals surface area contributed by atoms with Crippen LogP contribution in [0.2, 0.25) is 0 Å². The van der Waals surface area contributed by atoms with Gasteiger partial charge in [0.05, 0.1) is 11.8 Å². The Balaban J connectivity index is 1.89. The average Bonchev–Trinajstić information content (AvgIpc) is 3.09. The van der Waals surface area contributed by atoms with Crippen LogP contribution in [0.25, 0.3) is 11.4 Å². The van der Waals surface area contributed by atoms with Gasteiger partial charge in [0.15, 0.2) is 11.6 Å². The molecule has 110 valence electrons. The van der Waals surface area contributed by atoms with Gasteiger partial charge >= 0.3 is 5.97 Å². The summed E-state index contributed by atoms with van der Waals surface area (Å²) in [7, 11) is 0. The van der Waals surface area contributed by atoms with Crippen LogP contribution in [0.4, 0.5) is 8.78 Å². The molecule has 7 heteroatoms. The lowest BCUT2D eigenvalue weighted by Gasteiger charge is -2.10. The molecule has 2 atom stereocenters. The van der Waals surface area contributed by atoms with Crippen LogP contribution in [0.15, 0.2) is 22.7 Å². The Morgan fingerprint density at radius 3 is 2.81 bits per heavy atom. The molecule has 0 bridgehead atoms. The predicted octanol–water partition coefficient (Wildman–Crippen LogP) is 2.98. The van der Waals surface area contributed by atoms with Gasteiger partial charge in [0.25, 0.3) is 0 Å². The number of rotatable bonds is 3. The molecule has 5 nitrogen and oxygen atoms in total. The Morgan fingerprint density at radius 2 is 2.10 bits per heavy atom. The largest absolute Gasteiger partial charge is 0.481 e. The molecular weight excluding hydrogens is 282 g/mol. The number of carboxylic acid groups (broad SMARTS) is 1. The van der Waals surface area contributed by atoms with Crippen molar-refractivity contribution in [1.29, 1.82) is 0 Å². The van der Waals surface area contributed by atoms with Crippen molar-refractivity contribution in [3.63, 3.8) is 0 Å². The van der Waals surface area contributed by atoms with E-state index in [0.29, 0.717) is 12.8 Å². The van der Waals surface area contributed by atoms with Gasteiger partial charge in [0.2, 0.25) is 11.7 Å². The lowest BCUT2D eigenvalue weighted by molar-refractivity contribution is -0.142. The van der Waals surface area contributed by atoms with Gasteiger partial charge in [-0.3, -0.25) is 4.79 Å². The van der Waals surface area contributed by atoms with E-state index in [0.717, 1.165) is 18.6 Å². The first-order chi connectivity index (χ1) is 10.1. The molecule has 1 aromatic heterocycles. The van der Waals surface area contributed by atoms with Crippen LogP contribution >= 0.6 is 0 Å². The Labute approximate surface area is 118 Å². The second kappa shape index (κ2) is 5.23. The van der Waals surface area contributed by atoms with E-state index in [1.54, 1.807) is 0 Å². The fourth-order valence-electron chi connectivity index (χ4n) is 2.69. The van der Waals surface area contributed by atoms with E-state index in [-0.39, 0.29) is 23.2 Å². The molecule has 0 radical (unpaired) electrons. The van der Waals surface area contributed by atoms with Crippen molar-refractivity contribution in [3.05, 3.63) is 35.7 Å². The molecular formula is C14H12F2N2O3. The van der Waals surface area contributed by atoms with Crippen LogP contribution in [0.3, 0.4) is 0 Å². The minimum atomic E-state index is -0.997. The molecule has 0 aliphatic heterocycles. The third kappa shape index (κ3) is 2.51. The molecule has 1 aliphatic carbocycles. The van der Waals surface area contributed by atoms with Crippen molar-refractivity contribution >= 4 is 5.97 Å². The maximum absolute atomic E-state index is 13.2. The number of carbonyl (C=O) groups is 1. The highest BCUT2D eigenvalue weighted by Gasteiger charge is 2.37. The number of nitrogens with zero attached hydrogens (tertiary/aromatic N) is 2. The summed E-state index contributed by atoms with van der Waals surface area (Å²) in [4.78, 5) is 15.3. The van der Waals surface area contributed by atoms with Gasteiger partial charge in [0.1, 0.15) is 0 Å². The summed E-state index contributed by atoms with van der Waals surface area (Å²) in [5.74, 6) is -3.34. The molecule has 1 heterocycles. The minimum Gasteiger partial charge on any atom is -0.481 e. The number of benzene rings is 1. The minimum absolute atomic E-state index is 0.125. The molecule has 1 aromatic carbocycles. The van der Waals surface area contributed by atoms with Gasteiger partial charge < -0.3 is 9.63 Å². The van der Waals surface area contributed by atoms with Crippen molar-refractivity contribution in [2.75, 3.05) is 0 Å². The summed E-state index contributed by atoms with van der Waals surface area (Å²) in [5, 5.41) is 12.9. The zero-order valence-electron chi connectivity index (χ0n) is 10.9. The van der Waals surface area contributed by atoms with Gasteiger partial charge in [-0.15, -0.1) is 0 Å². The van der Waals surface area contributed by atoms with Gasteiger partial charge in [-0.05, 0) is 31.0 Å². The van der Waals surface area contributed by atoms with Crippen molar-refractivity contribution in [1.82, 2.24) is 10.1 Å². The second-order valence-corrected chi connectivity index (χ2v) is 5.07. The van der Waals surface area contributed by atoms with Gasteiger partial charge in [-0.2, -0.15) is 4.98 Å². The molecule has 0 amide bonds. The zero-order chi connectivity index (χ0) is 15.0. The van der Waals surface area contributed by atoms with Gasteiger partial charge in [-0.25, -0.2) is 8.78 Å². The number of aromatic nitrogens is 2. The maximum atomic E-state index is 13.2. The van der Waals surface area contributed by atoms with Crippen molar-refractivity contribution in [2.45, 2.75) is 25.2 Å². The Hall–Kier alpha value is -2.31. The molecule has 1 fully saturated rings. The van der Waals surface area contributed by atoms with E-state index in [1.807, 2.05) is 0 Å². The second-order valence-electron chi connectivity index (χ2n) is 5.07. The van der Waals surface area contributed by atoms with Crippen LogP contribution in [0.1, 0.15) is 31.1 Å². The molecule has 3 rings (SSSR count). The molecule has 1 N–H and O–H groups in total. The molecule has 2 unspecified atom stereocenters. The maximum Gasteiger partial charge on any atom is 0.307 e. The quantitative estimate of drug-likeness (QED) is 0.941. The van der Waals surface area contributed by atoms with Crippen LogP contribution < -0.4 is 0 Å². The summed E-state index contributed by atoms with van der Waals surface area (Å²) in [6, 6.07) is 3.31. The topological polar surface area (TPSA) is 76.2 Å². The highest BCUT2D eigenvalue weighted by Crippen LogP contribution is 2.39. The van der Waals surface area contributed by atoms with E-state index in [1.165, 1.54) is 6.07 Å². The third-order valence-corrected chi connectivity index (χ3v) is 3.77. The summed E-state index contributed by atoms with van der Waals surface area (Å²) in [6.07, 6.45) is 2.02. The Morgan fingerprint density at radius 1 is 1.29 bits per heavy atom. The van der Waals surface area contributed by atoms with Crippen LogP contribution in [-0.2, 0) is 4.79 Å². The van der Waals surface area contributed by atoms with E-state index < -0.39 is 23.5 Å². The van der Waals surface area contributed by atoms with Crippen LogP contribution in [0, 0.1) is 17.6 Å². The molecule has 21 heavy (non-hydrogen) atoms. The molecule has 0 saturated heterocycles. The van der Waals surface area contributed by atoms with E-state index in [2.05, 4.69) is 10.1 Å². The highest BCUT2D eigenvalue weighted by atomic mass is 19.2. The van der Waals surface area contributed by atoms with Gasteiger partial charge in [0, 0.05) is 5.56 Å². The Bertz CT molecular complexity index is 687. The van der Waals surface area contributed by atoms with Crippen molar-refractivity contribution in [2.24, 2.45) is 5.92 Å². The fraction of sp³-hybridized carbons (Fsp3) is 0.357. The normalized spacial score (nSPS) is 21.6. The highest BCUT2D eigenvalue weighted by molar-refractivity contribution is 5.71. The number of hydrogen-bond acceptors (Lipinski definition) is 4. The van der Waals surface area contributed by atoms with Gasteiger partial charge in [-0.1, -0.05) is 11.6 Å². The molecule has 2 aromatic rings. The summed E-state index contributed by atoms with van der Waals surface area (Å²) < 4.78 is 31.2.